The maximum Gasteiger partial charge on any atom is 0.335 e. The van der Waals surface area contributed by atoms with Crippen molar-refractivity contribution in [3.63, 3.8) is 0 Å². The minimum atomic E-state index is -1.39. The van der Waals surface area contributed by atoms with Crippen LogP contribution in [0.1, 0.15) is 13.3 Å². The number of fused-ring (bicyclic) bond motifs is 3. The highest BCUT2D eigenvalue weighted by Crippen LogP contribution is 2.48. The molecule has 7 unspecified atom stereocenters. The lowest BCUT2D eigenvalue weighted by Crippen LogP contribution is -2.58. The van der Waals surface area contributed by atoms with Crippen LogP contribution in [0.4, 0.5) is 0 Å². The minimum Gasteiger partial charge on any atom is -0.459 e. The van der Waals surface area contributed by atoms with Crippen molar-refractivity contribution in [2.45, 2.75) is 37.3 Å². The summed E-state index contributed by atoms with van der Waals surface area (Å²) in [7, 11) is 0. The molecule has 1 heterocycles. The van der Waals surface area contributed by atoms with Gasteiger partial charge in [-0.25, -0.2) is 4.79 Å². The lowest BCUT2D eigenvalue weighted by Gasteiger charge is -2.47. The van der Waals surface area contributed by atoms with Gasteiger partial charge in [0, 0.05) is 11.8 Å². The first-order chi connectivity index (χ1) is 8.83. The van der Waals surface area contributed by atoms with Gasteiger partial charge in [-0.2, -0.15) is 0 Å². The summed E-state index contributed by atoms with van der Waals surface area (Å²) in [6.07, 6.45) is -0.388. The van der Waals surface area contributed by atoms with Crippen LogP contribution in [0.5, 0.6) is 0 Å². The van der Waals surface area contributed by atoms with Crippen molar-refractivity contribution in [1.82, 2.24) is 0 Å². The number of ketones is 1. The first-order valence-electron chi connectivity index (χ1n) is 6.35. The van der Waals surface area contributed by atoms with E-state index in [1.54, 1.807) is 6.92 Å². The van der Waals surface area contributed by atoms with Gasteiger partial charge < -0.3 is 20.1 Å². The van der Waals surface area contributed by atoms with E-state index in [0.29, 0.717) is 0 Å². The molecule has 3 aliphatic rings. The molecule has 2 aliphatic carbocycles. The monoisotopic (exact) mass is 268 g/mol. The van der Waals surface area contributed by atoms with Gasteiger partial charge in [-0.3, -0.25) is 4.79 Å². The zero-order chi connectivity index (χ0) is 13.9. The molecule has 104 valence electrons. The zero-order valence-corrected chi connectivity index (χ0v) is 10.4. The van der Waals surface area contributed by atoms with Crippen molar-refractivity contribution in [2.75, 3.05) is 0 Å². The second-order valence-corrected chi connectivity index (χ2v) is 5.82. The van der Waals surface area contributed by atoms with E-state index in [4.69, 9.17) is 4.74 Å². The molecule has 0 amide bonds. The highest BCUT2D eigenvalue weighted by Gasteiger charge is 2.61. The lowest BCUT2D eigenvalue weighted by molar-refractivity contribution is -0.163. The van der Waals surface area contributed by atoms with Gasteiger partial charge in [-0.05, 0) is 25.5 Å². The first-order valence-corrected chi connectivity index (χ1v) is 6.35. The molecule has 6 nitrogen and oxygen atoms in total. The summed E-state index contributed by atoms with van der Waals surface area (Å²) in [5.41, 5.74) is -1.30. The summed E-state index contributed by atoms with van der Waals surface area (Å²) in [6, 6.07) is 0. The van der Waals surface area contributed by atoms with Gasteiger partial charge in [0.2, 0.25) is 0 Å². The maximum absolute atomic E-state index is 11.9. The standard InChI is InChI=1S/C13H16O6/c1-13(18)3-2-6(14)5-4-7(15)8-10(16)12(17)19-11(8)9(5)13/h2-3,5,7-11,15-16,18H,4H2,1H3. The van der Waals surface area contributed by atoms with Crippen LogP contribution in [0.3, 0.4) is 0 Å². The molecule has 6 heteroatoms. The molecule has 1 saturated heterocycles. The predicted octanol–water partition coefficient (Wildman–Crippen LogP) is -1.22. The fourth-order valence-electron chi connectivity index (χ4n) is 3.67. The molecule has 0 aromatic carbocycles. The van der Waals surface area contributed by atoms with Crippen LogP contribution in [-0.4, -0.2) is 51.0 Å². The normalized spacial score (nSPS) is 52.6. The Balaban J connectivity index is 2.04. The summed E-state index contributed by atoms with van der Waals surface area (Å²) in [6.45, 7) is 1.54. The average Bonchev–Trinajstić information content (AvgIpc) is 2.61. The number of carbonyl (C=O) groups excluding carboxylic acids is 2. The summed E-state index contributed by atoms with van der Waals surface area (Å²) in [5, 5.41) is 30.2. The molecule has 0 spiro atoms. The van der Waals surface area contributed by atoms with E-state index in [0.717, 1.165) is 0 Å². The van der Waals surface area contributed by atoms with E-state index in [-0.39, 0.29) is 12.2 Å². The Labute approximate surface area is 109 Å². The summed E-state index contributed by atoms with van der Waals surface area (Å²) >= 11 is 0. The number of hydrogen-bond donors (Lipinski definition) is 3. The van der Waals surface area contributed by atoms with Gasteiger partial charge in [0.1, 0.15) is 6.10 Å². The van der Waals surface area contributed by atoms with Crippen LogP contribution >= 0.6 is 0 Å². The third-order valence-corrected chi connectivity index (χ3v) is 4.59. The van der Waals surface area contributed by atoms with Crippen molar-refractivity contribution >= 4 is 11.8 Å². The predicted molar refractivity (Wildman–Crippen MR) is 61.8 cm³/mol. The fourth-order valence-corrected chi connectivity index (χ4v) is 3.67. The molecular weight excluding hydrogens is 252 g/mol. The third-order valence-electron chi connectivity index (χ3n) is 4.59. The van der Waals surface area contributed by atoms with E-state index >= 15 is 0 Å². The average molecular weight is 268 g/mol. The van der Waals surface area contributed by atoms with Gasteiger partial charge in [0.25, 0.3) is 0 Å². The van der Waals surface area contributed by atoms with Gasteiger partial charge in [0.15, 0.2) is 11.9 Å². The van der Waals surface area contributed by atoms with Crippen LogP contribution in [0.15, 0.2) is 12.2 Å². The lowest BCUT2D eigenvalue weighted by atomic mass is 9.60. The summed E-state index contributed by atoms with van der Waals surface area (Å²) in [5.74, 6) is -2.98. The van der Waals surface area contributed by atoms with E-state index in [1.807, 2.05) is 0 Å². The first kappa shape index (κ1) is 12.8. The molecular formula is C13H16O6. The zero-order valence-electron chi connectivity index (χ0n) is 10.4. The molecule has 0 aromatic rings. The molecule has 0 bridgehead atoms. The van der Waals surface area contributed by atoms with E-state index in [9.17, 15) is 24.9 Å². The highest BCUT2D eigenvalue weighted by molar-refractivity contribution is 5.93. The SMILES string of the molecule is CC1(O)C=CC(=O)C2CC(O)C3C(O)C(=O)OC3C21. The second kappa shape index (κ2) is 3.88. The van der Waals surface area contributed by atoms with Crippen molar-refractivity contribution in [3.8, 4) is 0 Å². The van der Waals surface area contributed by atoms with E-state index in [1.165, 1.54) is 12.2 Å². The topological polar surface area (TPSA) is 104 Å². The van der Waals surface area contributed by atoms with E-state index in [2.05, 4.69) is 0 Å². The van der Waals surface area contributed by atoms with Gasteiger partial charge >= 0.3 is 5.97 Å². The van der Waals surface area contributed by atoms with Crippen LogP contribution in [0.2, 0.25) is 0 Å². The van der Waals surface area contributed by atoms with Gasteiger partial charge in [0.05, 0.1) is 17.6 Å². The quantitative estimate of drug-likeness (QED) is 0.476. The smallest absolute Gasteiger partial charge is 0.335 e. The molecule has 0 radical (unpaired) electrons. The number of aliphatic hydroxyl groups is 3. The molecule has 1 aliphatic heterocycles. The molecule has 1 saturated carbocycles. The minimum absolute atomic E-state index is 0.124. The number of allylic oxidation sites excluding steroid dienone is 1. The Kier molecular flexibility index (Phi) is 2.61. The van der Waals surface area contributed by atoms with Crippen LogP contribution in [0, 0.1) is 17.8 Å². The largest absolute Gasteiger partial charge is 0.459 e. The maximum atomic E-state index is 11.9. The highest BCUT2D eigenvalue weighted by atomic mass is 16.6. The van der Waals surface area contributed by atoms with Gasteiger partial charge in [-0.1, -0.05) is 0 Å². The summed E-state index contributed by atoms with van der Waals surface area (Å²) in [4.78, 5) is 23.4. The van der Waals surface area contributed by atoms with Gasteiger partial charge in [-0.15, -0.1) is 0 Å². The number of rotatable bonds is 0. The molecule has 2 fully saturated rings. The number of carbonyl (C=O) groups is 2. The Bertz CT molecular complexity index is 468. The number of hydrogen-bond acceptors (Lipinski definition) is 6. The Morgan fingerprint density at radius 3 is 2.74 bits per heavy atom. The Morgan fingerprint density at radius 1 is 1.37 bits per heavy atom. The number of ether oxygens (including phenoxy) is 1. The van der Waals surface area contributed by atoms with E-state index < -0.39 is 47.6 Å². The number of esters is 1. The second-order valence-electron chi connectivity index (χ2n) is 5.82. The van der Waals surface area contributed by atoms with Crippen molar-refractivity contribution in [2.24, 2.45) is 17.8 Å². The Hall–Kier alpha value is -1.24. The fraction of sp³-hybridized carbons (Fsp3) is 0.692. The Morgan fingerprint density at radius 2 is 2.05 bits per heavy atom. The number of aliphatic hydroxyl groups excluding tert-OH is 2. The molecule has 7 atom stereocenters. The van der Waals surface area contributed by atoms with Crippen LogP contribution in [0.25, 0.3) is 0 Å². The van der Waals surface area contributed by atoms with Crippen LogP contribution < -0.4 is 0 Å². The van der Waals surface area contributed by atoms with Crippen molar-refractivity contribution < 1.29 is 29.6 Å². The molecule has 0 aromatic heterocycles. The van der Waals surface area contributed by atoms with Crippen molar-refractivity contribution in [3.05, 3.63) is 12.2 Å². The molecule has 3 rings (SSSR count). The van der Waals surface area contributed by atoms with Crippen molar-refractivity contribution in [1.29, 1.82) is 0 Å². The third kappa shape index (κ3) is 1.67. The summed E-state index contributed by atoms with van der Waals surface area (Å²) < 4.78 is 5.11. The molecule has 19 heavy (non-hydrogen) atoms. The molecule has 3 N–H and O–H groups in total. The van der Waals surface area contributed by atoms with Crippen LogP contribution in [-0.2, 0) is 14.3 Å².